The molecule has 1 aliphatic rings. The molecule has 1 aromatic rings. The molecular formula is C39H66N6O7. The number of nitrogens with two attached hydrogens (primary N) is 1. The van der Waals surface area contributed by atoms with Crippen LogP contribution in [0.15, 0.2) is 30.3 Å². The van der Waals surface area contributed by atoms with Crippen LogP contribution < -0.4 is 21.7 Å². The molecule has 9 atom stereocenters. The van der Waals surface area contributed by atoms with Crippen molar-refractivity contribution in [2.45, 2.75) is 123 Å². The smallest absolute Gasteiger partial charge is 0.245 e. The number of carbonyl (C=O) groups is 5. The van der Waals surface area contributed by atoms with Crippen LogP contribution in [0.2, 0.25) is 0 Å². The Kier molecular flexibility index (Phi) is 18.2. The number of carbonyl (C=O) groups excluding carboxylic acids is 5. The van der Waals surface area contributed by atoms with Gasteiger partial charge in [0, 0.05) is 34.2 Å². The van der Waals surface area contributed by atoms with E-state index < -0.39 is 48.2 Å². The van der Waals surface area contributed by atoms with E-state index in [9.17, 15) is 24.0 Å². The summed E-state index contributed by atoms with van der Waals surface area (Å²) in [7, 11) is 6.51. The van der Waals surface area contributed by atoms with E-state index >= 15 is 0 Å². The van der Waals surface area contributed by atoms with Crippen molar-refractivity contribution in [2.24, 2.45) is 29.4 Å². The Hall–Kier alpha value is -3.55. The molecule has 0 bridgehead atoms. The summed E-state index contributed by atoms with van der Waals surface area (Å²) in [4.78, 5) is 70.6. The number of amides is 5. The lowest BCUT2D eigenvalue weighted by atomic mass is 9.89. The number of hydrogen-bond donors (Lipinski definition) is 4. The molecule has 294 valence electrons. The summed E-state index contributed by atoms with van der Waals surface area (Å²) in [6, 6.07) is 6.34. The van der Waals surface area contributed by atoms with Crippen molar-refractivity contribution in [3.05, 3.63) is 35.9 Å². The van der Waals surface area contributed by atoms with E-state index in [1.807, 2.05) is 71.9 Å². The molecule has 52 heavy (non-hydrogen) atoms. The predicted molar refractivity (Wildman–Crippen MR) is 202 cm³/mol. The van der Waals surface area contributed by atoms with Crippen LogP contribution in [0.5, 0.6) is 0 Å². The van der Waals surface area contributed by atoms with Crippen LogP contribution >= 0.6 is 0 Å². The zero-order valence-electron chi connectivity index (χ0n) is 33.3. The molecule has 5 amide bonds. The maximum absolute atomic E-state index is 14.1. The first-order valence-electron chi connectivity index (χ1n) is 18.8. The maximum Gasteiger partial charge on any atom is 0.245 e. The number of rotatable bonds is 21. The summed E-state index contributed by atoms with van der Waals surface area (Å²) in [5, 5.41) is 8.82. The van der Waals surface area contributed by atoms with Crippen molar-refractivity contribution in [3.8, 4) is 0 Å². The van der Waals surface area contributed by atoms with Crippen molar-refractivity contribution in [1.29, 1.82) is 0 Å². The Morgan fingerprint density at radius 3 is 2.04 bits per heavy atom. The number of likely N-dealkylation sites (tertiary alicyclic amines) is 1. The van der Waals surface area contributed by atoms with Gasteiger partial charge in [0.05, 0.1) is 42.7 Å². The Morgan fingerprint density at radius 1 is 0.923 bits per heavy atom. The summed E-state index contributed by atoms with van der Waals surface area (Å²) in [5.41, 5.74) is 6.53. The van der Waals surface area contributed by atoms with E-state index in [-0.39, 0.29) is 60.3 Å². The number of hydrogen-bond acceptors (Lipinski definition) is 8. The minimum Gasteiger partial charge on any atom is -0.379 e. The molecule has 0 aromatic heterocycles. The lowest BCUT2D eigenvalue weighted by Crippen LogP contribution is -2.59. The molecular weight excluding hydrogens is 664 g/mol. The van der Waals surface area contributed by atoms with E-state index in [4.69, 9.17) is 15.2 Å². The highest BCUT2D eigenvalue weighted by Gasteiger charge is 2.43. The molecule has 0 spiro atoms. The van der Waals surface area contributed by atoms with Crippen molar-refractivity contribution in [2.75, 3.05) is 34.9 Å². The second kappa shape index (κ2) is 21.2. The monoisotopic (exact) mass is 730 g/mol. The van der Waals surface area contributed by atoms with Gasteiger partial charge in [0.25, 0.3) is 0 Å². The third-order valence-electron chi connectivity index (χ3n) is 10.7. The summed E-state index contributed by atoms with van der Waals surface area (Å²) in [6.07, 6.45) is 1.07. The SMILES string of the molecule is CCC(C)C(C(CC(=O)N1CCC[C@H]1C(OC)C(C)C(=O)NC(Cc1ccccc1)C(N)=O)OC)N(C)C(=O)C(NC(=O)C(NC)C(C)C)C(C)C. The van der Waals surface area contributed by atoms with Crippen LogP contribution in [0.4, 0.5) is 0 Å². The Balaban J connectivity index is 2.26. The average Bonchev–Trinajstić information content (AvgIpc) is 3.59. The van der Waals surface area contributed by atoms with Crippen LogP contribution in [0.3, 0.4) is 0 Å². The van der Waals surface area contributed by atoms with Gasteiger partial charge in [-0.3, -0.25) is 24.0 Å². The molecule has 8 unspecified atom stereocenters. The summed E-state index contributed by atoms with van der Waals surface area (Å²) >= 11 is 0. The Labute approximate surface area is 311 Å². The standard InChI is InChI=1S/C39H66N6O7/c1-12-25(6)34(44(9)39(50)33(24(4)5)43-38(49)32(41-8)23(2)3)30(51-10)22-31(46)45-20-16-19-29(45)35(52-11)26(7)37(48)42-28(36(40)47)21-27-17-14-13-15-18-27/h13-15,17-18,23-26,28-30,32-35,41H,12,16,19-22H2,1-11H3,(H2,40,47)(H,42,48)(H,43,49)/t25?,26?,28?,29-,30?,32?,33?,34?,35?/m0/s1. The Bertz CT molecular complexity index is 1310. The fraction of sp³-hybridized carbons (Fsp3) is 0.718. The lowest BCUT2D eigenvalue weighted by molar-refractivity contribution is -0.148. The molecule has 2 rings (SSSR count). The highest BCUT2D eigenvalue weighted by molar-refractivity contribution is 5.90. The quantitative estimate of drug-likeness (QED) is 0.149. The van der Waals surface area contributed by atoms with E-state index in [0.29, 0.717) is 13.0 Å². The normalized spacial score (nSPS) is 19.2. The molecule has 0 aliphatic carbocycles. The van der Waals surface area contributed by atoms with Gasteiger partial charge in [-0.15, -0.1) is 0 Å². The van der Waals surface area contributed by atoms with Crippen LogP contribution in [-0.4, -0.2) is 117 Å². The second-order valence-electron chi connectivity index (χ2n) is 15.0. The summed E-state index contributed by atoms with van der Waals surface area (Å²) in [6.45, 7) is 14.0. The number of benzene rings is 1. The van der Waals surface area contributed by atoms with E-state index in [0.717, 1.165) is 18.4 Å². The molecule has 1 aromatic carbocycles. The number of nitrogens with one attached hydrogen (secondary N) is 3. The summed E-state index contributed by atoms with van der Waals surface area (Å²) < 4.78 is 11.9. The molecule has 0 saturated carbocycles. The zero-order chi connectivity index (χ0) is 39.3. The van der Waals surface area contributed by atoms with Crippen LogP contribution in [0, 0.1) is 23.7 Å². The molecule has 5 N–H and O–H groups in total. The summed E-state index contributed by atoms with van der Waals surface area (Å²) in [5.74, 6) is -2.57. The molecule has 0 radical (unpaired) electrons. The predicted octanol–water partition coefficient (Wildman–Crippen LogP) is 2.50. The van der Waals surface area contributed by atoms with Gasteiger partial charge in [-0.05, 0) is 43.2 Å². The first-order chi connectivity index (χ1) is 24.5. The fourth-order valence-electron chi connectivity index (χ4n) is 7.43. The number of primary amides is 1. The Morgan fingerprint density at radius 2 is 1.54 bits per heavy atom. The van der Waals surface area contributed by atoms with Crippen LogP contribution in [0.25, 0.3) is 0 Å². The van der Waals surface area contributed by atoms with Gasteiger partial charge in [-0.1, -0.05) is 85.2 Å². The lowest BCUT2D eigenvalue weighted by Gasteiger charge is -2.41. The first kappa shape index (κ1) is 44.6. The highest BCUT2D eigenvalue weighted by atomic mass is 16.5. The van der Waals surface area contributed by atoms with Crippen molar-refractivity contribution in [1.82, 2.24) is 25.8 Å². The van der Waals surface area contributed by atoms with Crippen LogP contribution in [0.1, 0.15) is 79.7 Å². The molecule has 1 aliphatic heterocycles. The molecule has 1 fully saturated rings. The largest absolute Gasteiger partial charge is 0.379 e. The van der Waals surface area contributed by atoms with Gasteiger partial charge < -0.3 is 41.0 Å². The van der Waals surface area contributed by atoms with Crippen molar-refractivity contribution < 1.29 is 33.4 Å². The number of nitrogens with zero attached hydrogens (tertiary/aromatic N) is 2. The highest BCUT2D eigenvalue weighted by Crippen LogP contribution is 2.29. The van der Waals surface area contributed by atoms with Gasteiger partial charge in [0.1, 0.15) is 12.1 Å². The zero-order valence-corrected chi connectivity index (χ0v) is 33.3. The van der Waals surface area contributed by atoms with Gasteiger partial charge >= 0.3 is 0 Å². The van der Waals surface area contributed by atoms with Crippen LogP contribution in [-0.2, 0) is 39.9 Å². The molecule has 13 heteroatoms. The number of ether oxygens (including phenoxy) is 2. The minimum absolute atomic E-state index is 0.00530. The topological polar surface area (TPSA) is 172 Å². The molecule has 1 heterocycles. The van der Waals surface area contributed by atoms with Gasteiger partial charge in [-0.2, -0.15) is 0 Å². The second-order valence-corrected chi connectivity index (χ2v) is 15.0. The molecule has 1 saturated heterocycles. The van der Waals surface area contributed by atoms with E-state index in [1.165, 1.54) is 7.11 Å². The minimum atomic E-state index is -0.903. The third-order valence-corrected chi connectivity index (χ3v) is 10.7. The number of likely N-dealkylation sites (N-methyl/N-ethyl adjacent to an activating group) is 2. The first-order valence-corrected chi connectivity index (χ1v) is 18.8. The van der Waals surface area contributed by atoms with Gasteiger partial charge in [0.2, 0.25) is 29.5 Å². The maximum atomic E-state index is 14.1. The van der Waals surface area contributed by atoms with E-state index in [2.05, 4.69) is 16.0 Å². The average molecular weight is 731 g/mol. The van der Waals surface area contributed by atoms with E-state index in [1.54, 1.807) is 37.9 Å². The molecule has 13 nitrogen and oxygen atoms in total. The van der Waals surface area contributed by atoms with Crippen molar-refractivity contribution >= 4 is 29.5 Å². The number of methoxy groups -OCH3 is 2. The van der Waals surface area contributed by atoms with Gasteiger partial charge in [0.15, 0.2) is 0 Å². The third kappa shape index (κ3) is 11.7. The van der Waals surface area contributed by atoms with Crippen molar-refractivity contribution in [3.63, 3.8) is 0 Å². The fourth-order valence-corrected chi connectivity index (χ4v) is 7.43. The van der Waals surface area contributed by atoms with Gasteiger partial charge in [-0.25, -0.2) is 0 Å².